The van der Waals surface area contributed by atoms with Gasteiger partial charge in [-0.15, -0.1) is 0 Å². The van der Waals surface area contributed by atoms with Gasteiger partial charge in [0.15, 0.2) is 0 Å². The molecule has 1 fully saturated rings. The van der Waals surface area contributed by atoms with Crippen molar-refractivity contribution in [3.8, 4) is 11.5 Å². The van der Waals surface area contributed by atoms with Crippen LogP contribution in [0.15, 0.2) is 60.8 Å². The van der Waals surface area contributed by atoms with E-state index in [1.165, 1.54) is 5.56 Å². The average molecular weight is 505 g/mol. The zero-order valence-electron chi connectivity index (χ0n) is 22.4. The Labute approximate surface area is 220 Å². The first-order valence-corrected chi connectivity index (χ1v) is 13.1. The highest BCUT2D eigenvalue weighted by molar-refractivity contribution is 5.92. The highest BCUT2D eigenvalue weighted by atomic mass is 16.5. The van der Waals surface area contributed by atoms with E-state index in [0.717, 1.165) is 37.2 Å². The molecule has 1 atom stereocenters. The molecule has 3 aromatic rings. The minimum Gasteiger partial charge on any atom is -0.457 e. The maximum absolute atomic E-state index is 12.5. The van der Waals surface area contributed by atoms with Gasteiger partial charge in [0.25, 0.3) is 5.91 Å². The molecule has 0 aliphatic carbocycles. The van der Waals surface area contributed by atoms with Crippen molar-refractivity contribution in [2.45, 2.75) is 46.1 Å². The number of anilines is 3. The number of carbonyl (C=O) groups is 1. The maximum Gasteiger partial charge on any atom is 0.270 e. The minimum atomic E-state index is -0.211. The van der Waals surface area contributed by atoms with Crippen molar-refractivity contribution < 1.29 is 9.53 Å². The molecule has 1 aliphatic heterocycles. The molecule has 0 spiro atoms. The molecular formula is C29H40N6O2. The first-order valence-electron chi connectivity index (χ1n) is 13.1. The molecular weight excluding hydrogens is 464 g/mol. The number of carbonyl (C=O) groups excluding carboxylic acids is 1. The van der Waals surface area contributed by atoms with Crippen LogP contribution in [0.3, 0.4) is 0 Å². The van der Waals surface area contributed by atoms with Crippen molar-refractivity contribution in [1.29, 1.82) is 0 Å². The van der Waals surface area contributed by atoms with E-state index in [0.29, 0.717) is 42.1 Å². The molecule has 1 unspecified atom stereocenters. The molecule has 8 nitrogen and oxygen atoms in total. The number of aromatic nitrogens is 1. The largest absolute Gasteiger partial charge is 0.457 e. The molecule has 0 radical (unpaired) electrons. The van der Waals surface area contributed by atoms with Crippen LogP contribution in [0, 0.1) is 0 Å². The molecule has 37 heavy (non-hydrogen) atoms. The molecule has 0 bridgehead atoms. The van der Waals surface area contributed by atoms with Crippen LogP contribution in [-0.4, -0.2) is 43.7 Å². The number of hydrogen-bond acceptors (Lipinski definition) is 7. The lowest BCUT2D eigenvalue weighted by atomic mass is 10.1. The molecule has 8 heteroatoms. The van der Waals surface area contributed by atoms with Gasteiger partial charge in [-0.05, 0) is 61.7 Å². The Morgan fingerprint density at radius 1 is 1.14 bits per heavy atom. The van der Waals surface area contributed by atoms with Gasteiger partial charge < -0.3 is 31.3 Å². The van der Waals surface area contributed by atoms with Crippen LogP contribution in [0.25, 0.3) is 0 Å². The number of nitrogens with two attached hydrogens (primary N) is 1. The summed E-state index contributed by atoms with van der Waals surface area (Å²) in [5.74, 6) is 0.912. The summed E-state index contributed by atoms with van der Waals surface area (Å²) in [5.41, 5.74) is 10.5. The first kappa shape index (κ1) is 27.8. The quantitative estimate of drug-likeness (QED) is 0.227. The highest BCUT2D eigenvalue weighted by Gasteiger charge is 2.16. The Kier molecular flexibility index (Phi) is 10.6. The second kappa shape index (κ2) is 14.1. The Morgan fingerprint density at radius 2 is 1.89 bits per heavy atom. The van der Waals surface area contributed by atoms with Gasteiger partial charge in [0, 0.05) is 43.7 Å². The molecule has 5 N–H and O–H groups in total. The smallest absolute Gasteiger partial charge is 0.270 e. The Balaban J connectivity index is 0.00000186. The summed E-state index contributed by atoms with van der Waals surface area (Å²) in [4.78, 5) is 18.7. The summed E-state index contributed by atoms with van der Waals surface area (Å²) in [6.45, 7) is 8.35. The van der Waals surface area contributed by atoms with E-state index < -0.39 is 0 Å². The number of pyridine rings is 1. The van der Waals surface area contributed by atoms with Crippen LogP contribution in [-0.2, 0) is 6.42 Å². The molecule has 0 saturated carbocycles. The molecule has 1 aromatic heterocycles. The Bertz CT molecular complexity index is 1130. The number of hydrogen-bond donors (Lipinski definition) is 4. The zero-order valence-corrected chi connectivity index (χ0v) is 22.4. The second-order valence-corrected chi connectivity index (χ2v) is 8.79. The first-order chi connectivity index (χ1) is 18.0. The standard InChI is InChI=1S/C27H34N6O2.C2H6/c1-3-19-6-8-20(9-7-19)32-18-33(2)26-11-10-22(15-24(26)28)35-23-12-14-30-25(16-23)27(34)31-17-21-5-4-13-29-21;1-2/h6-12,14-16,21,29,32H,3-5,13,17-18,28H2,1-2H3,(H,31,34);1-2H3. The number of benzene rings is 2. The van der Waals surface area contributed by atoms with Gasteiger partial charge in [-0.1, -0.05) is 32.9 Å². The van der Waals surface area contributed by atoms with Crippen molar-refractivity contribution >= 4 is 23.0 Å². The average Bonchev–Trinajstić information content (AvgIpc) is 3.46. The zero-order chi connectivity index (χ0) is 26.6. The van der Waals surface area contributed by atoms with Crippen molar-refractivity contribution in [1.82, 2.24) is 15.6 Å². The molecule has 2 aromatic carbocycles. The third-order valence-electron chi connectivity index (χ3n) is 6.16. The van der Waals surface area contributed by atoms with E-state index in [9.17, 15) is 4.79 Å². The van der Waals surface area contributed by atoms with Crippen molar-refractivity contribution in [2.24, 2.45) is 0 Å². The predicted molar refractivity (Wildman–Crippen MR) is 153 cm³/mol. The Hall–Kier alpha value is -3.78. The number of nitrogen functional groups attached to an aromatic ring is 1. The lowest BCUT2D eigenvalue weighted by molar-refractivity contribution is 0.0945. The highest BCUT2D eigenvalue weighted by Crippen LogP contribution is 2.30. The van der Waals surface area contributed by atoms with Gasteiger partial charge in [0.2, 0.25) is 0 Å². The van der Waals surface area contributed by atoms with Gasteiger partial charge >= 0.3 is 0 Å². The summed E-state index contributed by atoms with van der Waals surface area (Å²) in [7, 11) is 1.98. The monoisotopic (exact) mass is 504 g/mol. The topological polar surface area (TPSA) is 105 Å². The molecule has 4 rings (SSSR count). The summed E-state index contributed by atoms with van der Waals surface area (Å²) < 4.78 is 5.97. The second-order valence-electron chi connectivity index (χ2n) is 8.79. The van der Waals surface area contributed by atoms with E-state index in [-0.39, 0.29) is 5.91 Å². The predicted octanol–water partition coefficient (Wildman–Crippen LogP) is 5.03. The van der Waals surface area contributed by atoms with Crippen LogP contribution in [0.4, 0.5) is 17.1 Å². The third-order valence-corrected chi connectivity index (χ3v) is 6.16. The fraction of sp³-hybridized carbons (Fsp3) is 0.379. The number of aryl methyl sites for hydroxylation is 1. The molecule has 198 valence electrons. The minimum absolute atomic E-state index is 0.211. The number of ether oxygens (including phenoxy) is 1. The summed E-state index contributed by atoms with van der Waals surface area (Å²) >= 11 is 0. The van der Waals surface area contributed by atoms with Crippen molar-refractivity contribution in [3.05, 3.63) is 72.1 Å². The summed E-state index contributed by atoms with van der Waals surface area (Å²) in [6.07, 6.45) is 4.81. The van der Waals surface area contributed by atoms with E-state index >= 15 is 0 Å². The number of nitrogens with zero attached hydrogens (tertiary/aromatic N) is 2. The summed E-state index contributed by atoms with van der Waals surface area (Å²) in [5, 5.41) is 9.72. The van der Waals surface area contributed by atoms with Crippen LogP contribution in [0.1, 0.15) is 49.7 Å². The fourth-order valence-corrected chi connectivity index (χ4v) is 4.07. The van der Waals surface area contributed by atoms with Gasteiger partial charge in [-0.3, -0.25) is 9.78 Å². The van der Waals surface area contributed by atoms with E-state index in [1.807, 2.05) is 37.9 Å². The molecule has 2 heterocycles. The van der Waals surface area contributed by atoms with E-state index in [2.05, 4.69) is 52.1 Å². The fourth-order valence-electron chi connectivity index (χ4n) is 4.07. The van der Waals surface area contributed by atoms with Gasteiger partial charge in [-0.25, -0.2) is 0 Å². The lowest BCUT2D eigenvalue weighted by Crippen LogP contribution is -2.37. The molecule has 1 saturated heterocycles. The number of rotatable bonds is 10. The van der Waals surface area contributed by atoms with Crippen LogP contribution in [0.2, 0.25) is 0 Å². The van der Waals surface area contributed by atoms with Crippen LogP contribution in [0.5, 0.6) is 11.5 Å². The SMILES string of the molecule is CC.CCc1ccc(NCN(C)c2ccc(Oc3ccnc(C(=O)NCC4CCCN4)c3)cc2N)cc1. The molecule has 1 aliphatic rings. The Morgan fingerprint density at radius 3 is 2.57 bits per heavy atom. The maximum atomic E-state index is 12.5. The van der Waals surface area contributed by atoms with E-state index in [1.54, 1.807) is 24.4 Å². The van der Waals surface area contributed by atoms with Crippen LogP contribution < -0.4 is 31.3 Å². The van der Waals surface area contributed by atoms with Gasteiger partial charge in [0.1, 0.15) is 17.2 Å². The number of nitrogens with one attached hydrogen (secondary N) is 3. The lowest BCUT2D eigenvalue weighted by Gasteiger charge is -2.22. The van der Waals surface area contributed by atoms with Crippen molar-refractivity contribution in [2.75, 3.05) is 42.8 Å². The van der Waals surface area contributed by atoms with Gasteiger partial charge in [0.05, 0.1) is 18.0 Å². The van der Waals surface area contributed by atoms with E-state index in [4.69, 9.17) is 10.5 Å². The number of amides is 1. The van der Waals surface area contributed by atoms with Gasteiger partial charge in [-0.2, -0.15) is 0 Å². The normalized spacial score (nSPS) is 14.3. The van der Waals surface area contributed by atoms with Crippen molar-refractivity contribution in [3.63, 3.8) is 0 Å². The third kappa shape index (κ3) is 8.11. The molecule has 1 amide bonds. The summed E-state index contributed by atoms with van der Waals surface area (Å²) in [6, 6.07) is 17.7. The van der Waals surface area contributed by atoms with Crippen LogP contribution >= 0.6 is 0 Å².